The summed E-state index contributed by atoms with van der Waals surface area (Å²) in [4.78, 5) is 11.7. The molecule has 2 N–H and O–H groups in total. The summed E-state index contributed by atoms with van der Waals surface area (Å²) in [7, 11) is 0. The zero-order chi connectivity index (χ0) is 13.5. The molecular weight excluding hydrogens is 231 g/mol. The molecule has 0 aliphatic heterocycles. The minimum atomic E-state index is -0.386. The van der Waals surface area contributed by atoms with Crippen LogP contribution in [0.3, 0.4) is 0 Å². The maximum Gasteiger partial charge on any atom is 0.224 e. The van der Waals surface area contributed by atoms with Crippen LogP contribution in [-0.2, 0) is 4.79 Å². The number of amides is 1. The molecule has 3 nitrogen and oxygen atoms in total. The molecule has 0 aliphatic rings. The molecule has 0 spiro atoms. The van der Waals surface area contributed by atoms with Gasteiger partial charge in [0.05, 0.1) is 5.69 Å². The number of rotatable bonds is 6. The Kier molecular flexibility index (Phi) is 5.78. The monoisotopic (exact) mass is 252 g/mol. The molecule has 0 aromatic heterocycles. The quantitative estimate of drug-likeness (QED) is 0.764. The van der Waals surface area contributed by atoms with Crippen LogP contribution < -0.4 is 10.6 Å². The van der Waals surface area contributed by atoms with Crippen LogP contribution in [0.1, 0.15) is 32.3 Å². The van der Waals surface area contributed by atoms with Gasteiger partial charge in [-0.3, -0.25) is 4.79 Å². The van der Waals surface area contributed by atoms with Gasteiger partial charge in [0, 0.05) is 12.5 Å². The van der Waals surface area contributed by atoms with Gasteiger partial charge in [-0.25, -0.2) is 4.39 Å². The Morgan fingerprint density at radius 2 is 2.11 bits per heavy atom. The van der Waals surface area contributed by atoms with E-state index < -0.39 is 0 Å². The van der Waals surface area contributed by atoms with Gasteiger partial charge >= 0.3 is 0 Å². The van der Waals surface area contributed by atoms with Gasteiger partial charge in [-0.2, -0.15) is 0 Å². The summed E-state index contributed by atoms with van der Waals surface area (Å²) in [5, 5.41) is 5.86. The summed E-state index contributed by atoms with van der Waals surface area (Å²) in [5.41, 5.74) is 1.03. The first-order valence-electron chi connectivity index (χ1n) is 6.29. The van der Waals surface area contributed by atoms with Gasteiger partial charge in [0.15, 0.2) is 0 Å². The molecule has 0 saturated carbocycles. The van der Waals surface area contributed by atoms with Crippen molar-refractivity contribution in [2.45, 2.75) is 39.7 Å². The maximum absolute atomic E-state index is 13.5. The number of benzene rings is 1. The Morgan fingerprint density at radius 3 is 2.72 bits per heavy atom. The lowest BCUT2D eigenvalue weighted by Crippen LogP contribution is -2.25. The zero-order valence-electron chi connectivity index (χ0n) is 11.2. The molecule has 1 amide bonds. The smallest absolute Gasteiger partial charge is 0.224 e. The van der Waals surface area contributed by atoms with Crippen molar-refractivity contribution in [1.29, 1.82) is 0 Å². The molecule has 0 heterocycles. The van der Waals surface area contributed by atoms with Crippen molar-refractivity contribution >= 4 is 11.6 Å². The van der Waals surface area contributed by atoms with E-state index in [0.717, 1.165) is 18.5 Å². The minimum absolute atomic E-state index is 0.145. The molecule has 0 fully saturated rings. The van der Waals surface area contributed by atoms with E-state index in [4.69, 9.17) is 0 Å². The first kappa shape index (κ1) is 14.6. The highest BCUT2D eigenvalue weighted by molar-refractivity contribution is 5.91. The molecule has 0 aliphatic carbocycles. The number of aryl methyl sites for hydroxylation is 1. The van der Waals surface area contributed by atoms with Gasteiger partial charge in [-0.05, 0) is 31.5 Å². The Hall–Kier alpha value is -1.42. The Labute approximate surface area is 108 Å². The molecule has 0 radical (unpaired) electrons. The number of para-hydroxylation sites is 1. The molecule has 0 saturated heterocycles. The SMILES string of the molecule is Cc1cccc(F)c1NC(=O)CCCNC(C)C. The second-order valence-electron chi connectivity index (χ2n) is 4.69. The Bertz CT molecular complexity index is 385. The molecule has 1 rings (SSSR count). The van der Waals surface area contributed by atoms with Crippen molar-refractivity contribution in [3.8, 4) is 0 Å². The number of hydrogen-bond donors (Lipinski definition) is 2. The highest BCUT2D eigenvalue weighted by Gasteiger charge is 2.08. The largest absolute Gasteiger partial charge is 0.323 e. The third-order valence-electron chi connectivity index (χ3n) is 2.62. The van der Waals surface area contributed by atoms with E-state index in [2.05, 4.69) is 24.5 Å². The molecular formula is C14H21FN2O. The van der Waals surface area contributed by atoms with Crippen LogP contribution in [0, 0.1) is 12.7 Å². The van der Waals surface area contributed by atoms with Crippen molar-refractivity contribution < 1.29 is 9.18 Å². The van der Waals surface area contributed by atoms with E-state index in [9.17, 15) is 9.18 Å². The van der Waals surface area contributed by atoms with Crippen molar-refractivity contribution in [2.75, 3.05) is 11.9 Å². The van der Waals surface area contributed by atoms with Crippen LogP contribution in [0.15, 0.2) is 18.2 Å². The van der Waals surface area contributed by atoms with Crippen LogP contribution in [0.4, 0.5) is 10.1 Å². The van der Waals surface area contributed by atoms with Crippen LogP contribution in [-0.4, -0.2) is 18.5 Å². The third-order valence-corrected chi connectivity index (χ3v) is 2.62. The Balaban J connectivity index is 2.40. The first-order valence-corrected chi connectivity index (χ1v) is 6.29. The van der Waals surface area contributed by atoms with Gasteiger partial charge in [-0.1, -0.05) is 26.0 Å². The summed E-state index contributed by atoms with van der Waals surface area (Å²) >= 11 is 0. The zero-order valence-corrected chi connectivity index (χ0v) is 11.2. The number of carbonyl (C=O) groups is 1. The molecule has 100 valence electrons. The maximum atomic E-state index is 13.5. The molecule has 4 heteroatoms. The molecule has 0 unspecified atom stereocenters. The molecule has 0 bridgehead atoms. The summed E-state index contributed by atoms with van der Waals surface area (Å²) in [6.07, 6.45) is 1.14. The molecule has 1 aromatic carbocycles. The lowest BCUT2D eigenvalue weighted by Gasteiger charge is -2.10. The summed E-state index contributed by atoms with van der Waals surface area (Å²) in [5.74, 6) is -0.530. The van der Waals surface area contributed by atoms with Crippen LogP contribution in [0.2, 0.25) is 0 Å². The first-order chi connectivity index (χ1) is 8.50. The minimum Gasteiger partial charge on any atom is -0.323 e. The van der Waals surface area contributed by atoms with Crippen molar-refractivity contribution in [2.24, 2.45) is 0 Å². The highest BCUT2D eigenvalue weighted by Crippen LogP contribution is 2.18. The lowest BCUT2D eigenvalue weighted by molar-refractivity contribution is -0.116. The van der Waals surface area contributed by atoms with Gasteiger partial charge < -0.3 is 10.6 Å². The number of nitrogens with one attached hydrogen (secondary N) is 2. The second-order valence-corrected chi connectivity index (χ2v) is 4.69. The van der Waals surface area contributed by atoms with E-state index in [-0.39, 0.29) is 11.7 Å². The number of hydrogen-bond acceptors (Lipinski definition) is 2. The van der Waals surface area contributed by atoms with E-state index in [1.807, 2.05) is 0 Å². The van der Waals surface area contributed by atoms with Gasteiger partial charge in [0.2, 0.25) is 5.91 Å². The van der Waals surface area contributed by atoms with Crippen LogP contribution >= 0.6 is 0 Å². The molecule has 18 heavy (non-hydrogen) atoms. The number of anilines is 1. The predicted molar refractivity (Wildman–Crippen MR) is 72.1 cm³/mol. The molecule has 0 atom stereocenters. The fraction of sp³-hybridized carbons (Fsp3) is 0.500. The van der Waals surface area contributed by atoms with E-state index in [0.29, 0.717) is 18.2 Å². The van der Waals surface area contributed by atoms with E-state index >= 15 is 0 Å². The van der Waals surface area contributed by atoms with Crippen LogP contribution in [0.25, 0.3) is 0 Å². The molecule has 1 aromatic rings. The number of carbonyl (C=O) groups excluding carboxylic acids is 1. The summed E-state index contributed by atoms with van der Waals surface area (Å²) in [6, 6.07) is 5.18. The number of halogens is 1. The van der Waals surface area contributed by atoms with Crippen molar-refractivity contribution in [3.63, 3.8) is 0 Å². The van der Waals surface area contributed by atoms with Crippen LogP contribution in [0.5, 0.6) is 0 Å². The lowest BCUT2D eigenvalue weighted by atomic mass is 10.2. The van der Waals surface area contributed by atoms with E-state index in [1.165, 1.54) is 6.07 Å². The van der Waals surface area contributed by atoms with E-state index in [1.54, 1.807) is 19.1 Å². The average Bonchev–Trinajstić information content (AvgIpc) is 2.29. The van der Waals surface area contributed by atoms with Crippen molar-refractivity contribution in [1.82, 2.24) is 5.32 Å². The van der Waals surface area contributed by atoms with Gasteiger partial charge in [-0.15, -0.1) is 0 Å². The second kappa shape index (κ2) is 7.11. The Morgan fingerprint density at radius 1 is 1.39 bits per heavy atom. The summed E-state index contributed by atoms with van der Waals surface area (Å²) < 4.78 is 13.5. The fourth-order valence-electron chi connectivity index (χ4n) is 1.63. The fourth-order valence-corrected chi connectivity index (χ4v) is 1.63. The van der Waals surface area contributed by atoms with Gasteiger partial charge in [0.1, 0.15) is 5.82 Å². The standard InChI is InChI=1S/C14H21FN2O/c1-10(2)16-9-5-8-13(18)17-14-11(3)6-4-7-12(14)15/h4,6-7,10,16H,5,8-9H2,1-3H3,(H,17,18). The summed E-state index contributed by atoms with van der Waals surface area (Å²) in [6.45, 7) is 6.69. The highest BCUT2D eigenvalue weighted by atomic mass is 19.1. The normalized spacial score (nSPS) is 10.7. The van der Waals surface area contributed by atoms with Gasteiger partial charge in [0.25, 0.3) is 0 Å². The predicted octanol–water partition coefficient (Wildman–Crippen LogP) is 2.85. The van der Waals surface area contributed by atoms with Crippen molar-refractivity contribution in [3.05, 3.63) is 29.6 Å². The average molecular weight is 252 g/mol. The topological polar surface area (TPSA) is 41.1 Å². The third kappa shape index (κ3) is 4.84.